The molecule has 0 aliphatic carbocycles. The van der Waals surface area contributed by atoms with Crippen molar-refractivity contribution in [1.29, 1.82) is 0 Å². The third-order valence-corrected chi connectivity index (χ3v) is 3.49. The first-order chi connectivity index (χ1) is 13.0. The van der Waals surface area contributed by atoms with Crippen molar-refractivity contribution in [2.75, 3.05) is 13.7 Å². The van der Waals surface area contributed by atoms with Crippen LogP contribution in [-0.2, 0) is 9.53 Å². The molecule has 0 heterocycles. The van der Waals surface area contributed by atoms with Gasteiger partial charge >= 0.3 is 5.97 Å². The highest BCUT2D eigenvalue weighted by atomic mass is 16.5. The highest BCUT2D eigenvalue weighted by Gasteiger charge is 2.06. The summed E-state index contributed by atoms with van der Waals surface area (Å²) in [5.41, 5.74) is 6.15. The van der Waals surface area contributed by atoms with Crippen LogP contribution in [0, 0.1) is 0 Å². The van der Waals surface area contributed by atoms with Crippen LogP contribution in [0.3, 0.4) is 0 Å². The van der Waals surface area contributed by atoms with Gasteiger partial charge in [0.05, 0.1) is 19.3 Å². The Kier molecular flexibility index (Phi) is 7.13. The van der Waals surface area contributed by atoms with E-state index in [1.165, 1.54) is 13.2 Å². The van der Waals surface area contributed by atoms with Gasteiger partial charge in [-0.2, -0.15) is 0 Å². The minimum absolute atomic E-state index is 0.390. The van der Waals surface area contributed by atoms with E-state index in [2.05, 4.69) is 15.6 Å². The van der Waals surface area contributed by atoms with E-state index in [4.69, 9.17) is 4.74 Å². The zero-order valence-corrected chi connectivity index (χ0v) is 15.0. The minimum Gasteiger partial charge on any atom is -0.494 e. The Balaban J connectivity index is 1.85. The molecule has 0 saturated carbocycles. The Morgan fingerprint density at radius 3 is 2.15 bits per heavy atom. The number of carbonyl (C=O) groups is 3. The molecule has 7 nitrogen and oxygen atoms in total. The highest BCUT2D eigenvalue weighted by Crippen LogP contribution is 2.11. The van der Waals surface area contributed by atoms with E-state index in [9.17, 15) is 14.4 Å². The highest BCUT2D eigenvalue weighted by molar-refractivity contribution is 5.98. The molecule has 0 aliphatic rings. The number of hydrazine groups is 1. The molecule has 27 heavy (non-hydrogen) atoms. The van der Waals surface area contributed by atoms with E-state index in [0.29, 0.717) is 23.5 Å². The number of carbonyl (C=O) groups excluding carboxylic acids is 3. The molecule has 0 fully saturated rings. The number of nitrogens with one attached hydrogen (secondary N) is 2. The number of ether oxygens (including phenoxy) is 2. The summed E-state index contributed by atoms with van der Waals surface area (Å²) in [7, 11) is 1.31. The first-order valence-corrected chi connectivity index (χ1v) is 8.23. The van der Waals surface area contributed by atoms with Crippen LogP contribution in [0.15, 0.2) is 54.6 Å². The fourth-order valence-electron chi connectivity index (χ4n) is 2.12. The summed E-state index contributed by atoms with van der Waals surface area (Å²) < 4.78 is 9.92. The Morgan fingerprint density at radius 1 is 0.926 bits per heavy atom. The second-order valence-electron chi connectivity index (χ2n) is 5.35. The van der Waals surface area contributed by atoms with Crippen LogP contribution in [0.5, 0.6) is 5.75 Å². The number of esters is 1. The molecule has 0 bridgehead atoms. The van der Waals surface area contributed by atoms with Gasteiger partial charge in [-0.3, -0.25) is 20.4 Å². The van der Waals surface area contributed by atoms with Crippen molar-refractivity contribution < 1.29 is 23.9 Å². The molecule has 0 radical (unpaired) electrons. The van der Waals surface area contributed by atoms with E-state index in [1.54, 1.807) is 54.6 Å². The molecule has 2 aromatic rings. The largest absolute Gasteiger partial charge is 0.494 e. The third kappa shape index (κ3) is 6.00. The van der Waals surface area contributed by atoms with Crippen LogP contribution in [0.25, 0.3) is 6.08 Å². The summed E-state index contributed by atoms with van der Waals surface area (Å²) in [6.45, 7) is 2.41. The van der Waals surface area contributed by atoms with Crippen molar-refractivity contribution in [3.05, 3.63) is 71.3 Å². The van der Waals surface area contributed by atoms with Crippen molar-refractivity contribution in [3.63, 3.8) is 0 Å². The molecule has 2 amide bonds. The average Bonchev–Trinajstić information content (AvgIpc) is 2.71. The number of hydrogen-bond acceptors (Lipinski definition) is 5. The fourth-order valence-corrected chi connectivity index (χ4v) is 2.12. The zero-order valence-electron chi connectivity index (χ0n) is 15.0. The van der Waals surface area contributed by atoms with Crippen LogP contribution >= 0.6 is 0 Å². The Morgan fingerprint density at radius 2 is 1.56 bits per heavy atom. The van der Waals surface area contributed by atoms with Gasteiger partial charge in [-0.25, -0.2) is 4.79 Å². The molecule has 2 rings (SSSR count). The van der Waals surface area contributed by atoms with Gasteiger partial charge in [-0.05, 0) is 55.0 Å². The fraction of sp³-hybridized carbons (Fsp3) is 0.150. The van der Waals surface area contributed by atoms with Crippen molar-refractivity contribution in [1.82, 2.24) is 10.9 Å². The maximum absolute atomic E-state index is 12.0. The average molecular weight is 368 g/mol. The first-order valence-electron chi connectivity index (χ1n) is 8.23. The second kappa shape index (κ2) is 9.76. The summed E-state index contributed by atoms with van der Waals surface area (Å²) in [5.74, 6) is -0.701. The molecular formula is C20H20N2O5. The molecular weight excluding hydrogens is 348 g/mol. The quantitative estimate of drug-likeness (QED) is 0.464. The molecule has 7 heteroatoms. The molecule has 0 saturated heterocycles. The van der Waals surface area contributed by atoms with Gasteiger partial charge in [-0.1, -0.05) is 12.1 Å². The van der Waals surface area contributed by atoms with E-state index in [-0.39, 0.29) is 0 Å². The van der Waals surface area contributed by atoms with Gasteiger partial charge in [0, 0.05) is 11.6 Å². The summed E-state index contributed by atoms with van der Waals surface area (Å²) in [6, 6.07) is 13.1. The van der Waals surface area contributed by atoms with Crippen molar-refractivity contribution in [2.24, 2.45) is 0 Å². The Bertz CT molecular complexity index is 826. The van der Waals surface area contributed by atoms with Crippen molar-refractivity contribution in [2.45, 2.75) is 6.92 Å². The van der Waals surface area contributed by atoms with Crippen LogP contribution in [0.2, 0.25) is 0 Å². The van der Waals surface area contributed by atoms with Crippen molar-refractivity contribution >= 4 is 23.9 Å². The lowest BCUT2D eigenvalue weighted by molar-refractivity contribution is -0.117. The number of methoxy groups -OCH3 is 1. The summed E-state index contributed by atoms with van der Waals surface area (Å²) >= 11 is 0. The standard InChI is InChI=1S/C20H20N2O5/c1-3-27-17-11-9-15(10-12-17)19(24)22-21-18(23)13-6-14-4-7-16(8-5-14)20(25)26-2/h4-13H,3H2,1-2H3,(H,21,23)(H,22,24)/b13-6+. The normalized spacial score (nSPS) is 10.3. The molecule has 0 aliphatic heterocycles. The van der Waals surface area contributed by atoms with Crippen LogP contribution in [-0.4, -0.2) is 31.5 Å². The lowest BCUT2D eigenvalue weighted by atomic mass is 10.1. The number of rotatable bonds is 6. The number of hydrogen-bond donors (Lipinski definition) is 2. The van der Waals surface area contributed by atoms with Gasteiger partial charge in [0.1, 0.15) is 5.75 Å². The van der Waals surface area contributed by atoms with Gasteiger partial charge in [-0.15, -0.1) is 0 Å². The van der Waals surface area contributed by atoms with Gasteiger partial charge < -0.3 is 9.47 Å². The molecule has 140 valence electrons. The topological polar surface area (TPSA) is 93.7 Å². The zero-order chi connectivity index (χ0) is 19.6. The van der Waals surface area contributed by atoms with E-state index in [0.717, 1.165) is 5.56 Å². The van der Waals surface area contributed by atoms with E-state index in [1.807, 2.05) is 6.92 Å². The number of benzene rings is 2. The van der Waals surface area contributed by atoms with Gasteiger partial charge in [0.25, 0.3) is 11.8 Å². The molecule has 0 atom stereocenters. The molecule has 0 aromatic heterocycles. The summed E-state index contributed by atoms with van der Waals surface area (Å²) in [4.78, 5) is 35.2. The first kappa shape index (κ1) is 19.7. The predicted molar refractivity (Wildman–Crippen MR) is 100 cm³/mol. The van der Waals surface area contributed by atoms with Crippen LogP contribution < -0.4 is 15.6 Å². The van der Waals surface area contributed by atoms with Gasteiger partial charge in [0.2, 0.25) is 0 Å². The van der Waals surface area contributed by atoms with E-state index < -0.39 is 17.8 Å². The molecule has 0 unspecified atom stereocenters. The molecule has 2 aromatic carbocycles. The third-order valence-electron chi connectivity index (χ3n) is 3.49. The van der Waals surface area contributed by atoms with Crippen molar-refractivity contribution in [3.8, 4) is 5.75 Å². The lowest BCUT2D eigenvalue weighted by Gasteiger charge is -2.07. The maximum Gasteiger partial charge on any atom is 0.337 e. The van der Waals surface area contributed by atoms with Gasteiger partial charge in [0.15, 0.2) is 0 Å². The molecule has 0 spiro atoms. The number of amides is 2. The minimum atomic E-state index is -0.494. The smallest absolute Gasteiger partial charge is 0.337 e. The maximum atomic E-state index is 12.0. The van der Waals surface area contributed by atoms with E-state index >= 15 is 0 Å². The lowest BCUT2D eigenvalue weighted by Crippen LogP contribution is -2.40. The summed E-state index contributed by atoms with van der Waals surface area (Å²) in [6.07, 6.45) is 2.82. The summed E-state index contributed by atoms with van der Waals surface area (Å²) in [5, 5.41) is 0. The molecule has 2 N–H and O–H groups in total. The monoisotopic (exact) mass is 368 g/mol. The Labute approximate surface area is 156 Å². The van der Waals surface area contributed by atoms with Crippen LogP contribution in [0.4, 0.5) is 0 Å². The Hall–Kier alpha value is -3.61. The predicted octanol–water partition coefficient (Wildman–Crippen LogP) is 2.35. The SMILES string of the molecule is CCOc1ccc(C(=O)NNC(=O)/C=C/c2ccc(C(=O)OC)cc2)cc1. The van der Waals surface area contributed by atoms with Crippen LogP contribution in [0.1, 0.15) is 33.2 Å². The second-order valence-corrected chi connectivity index (χ2v) is 5.35.